The monoisotopic (exact) mass is 299 g/mol. The molecule has 0 amide bonds. The highest BCUT2D eigenvalue weighted by atomic mass is 32.2. The number of sulfonamides is 1. The Bertz CT molecular complexity index is 653. The Labute approximate surface area is 117 Å². The van der Waals surface area contributed by atoms with Crippen LogP contribution in [0.1, 0.15) is 27.9 Å². The number of carbonyl (C=O) groups is 1. The molecule has 0 aromatic heterocycles. The van der Waals surface area contributed by atoms with E-state index >= 15 is 0 Å². The first kappa shape index (κ1) is 15.0. The zero-order valence-electron chi connectivity index (χ0n) is 11.3. The van der Waals surface area contributed by atoms with Crippen LogP contribution >= 0.6 is 0 Å². The van der Waals surface area contributed by atoms with Crippen molar-refractivity contribution in [3.05, 3.63) is 28.8 Å². The van der Waals surface area contributed by atoms with Crippen molar-refractivity contribution in [3.8, 4) is 0 Å². The molecule has 1 saturated heterocycles. The first-order valence-electron chi connectivity index (χ1n) is 6.26. The summed E-state index contributed by atoms with van der Waals surface area (Å²) in [4.78, 5) is 11.1. The lowest BCUT2D eigenvalue weighted by Crippen LogP contribution is -2.30. The molecule has 1 heterocycles. The molecule has 7 heteroatoms. The summed E-state index contributed by atoms with van der Waals surface area (Å²) in [6.07, 6.45) is -0.260. The summed E-state index contributed by atoms with van der Waals surface area (Å²) >= 11 is 0. The smallest absolute Gasteiger partial charge is 0.335 e. The van der Waals surface area contributed by atoms with E-state index in [0.29, 0.717) is 17.5 Å². The van der Waals surface area contributed by atoms with E-state index < -0.39 is 22.1 Å². The van der Waals surface area contributed by atoms with Crippen LogP contribution in [-0.2, 0) is 10.0 Å². The maximum absolute atomic E-state index is 12.5. The lowest BCUT2D eigenvalue weighted by atomic mass is 10.1. The van der Waals surface area contributed by atoms with Crippen molar-refractivity contribution in [2.75, 3.05) is 13.1 Å². The molecule has 1 fully saturated rings. The van der Waals surface area contributed by atoms with E-state index in [1.165, 1.54) is 16.4 Å². The third-order valence-corrected chi connectivity index (χ3v) is 5.60. The molecule has 1 aromatic carbocycles. The maximum atomic E-state index is 12.5. The Morgan fingerprint density at radius 1 is 1.35 bits per heavy atom. The van der Waals surface area contributed by atoms with Crippen molar-refractivity contribution in [2.45, 2.75) is 31.3 Å². The average molecular weight is 299 g/mol. The van der Waals surface area contributed by atoms with E-state index in [9.17, 15) is 18.3 Å². The Morgan fingerprint density at radius 3 is 2.50 bits per heavy atom. The summed E-state index contributed by atoms with van der Waals surface area (Å²) in [5.41, 5.74) is 1.10. The van der Waals surface area contributed by atoms with E-state index in [1.54, 1.807) is 13.8 Å². The molecule has 0 bridgehead atoms. The molecule has 0 radical (unpaired) electrons. The van der Waals surface area contributed by atoms with E-state index in [1.807, 2.05) is 0 Å². The number of benzene rings is 1. The minimum Gasteiger partial charge on any atom is -0.478 e. The topological polar surface area (TPSA) is 94.9 Å². The van der Waals surface area contributed by atoms with Gasteiger partial charge in [-0.2, -0.15) is 4.31 Å². The SMILES string of the molecule is Cc1cc(C(=O)O)cc(S(=O)(=O)N2CC[C@@H](O)C2)c1C. The van der Waals surface area contributed by atoms with E-state index in [0.717, 1.165) is 0 Å². The van der Waals surface area contributed by atoms with Gasteiger partial charge in [-0.05, 0) is 43.5 Å². The van der Waals surface area contributed by atoms with Crippen molar-refractivity contribution in [2.24, 2.45) is 0 Å². The predicted octanol–water partition coefficient (Wildman–Crippen LogP) is 0.757. The van der Waals surface area contributed by atoms with Crippen LogP contribution in [0.2, 0.25) is 0 Å². The number of β-amino-alcohol motifs (C(OH)–C–C–N with tert-alkyl or cyclic N) is 1. The van der Waals surface area contributed by atoms with Crippen molar-refractivity contribution in [1.82, 2.24) is 4.31 Å². The minimum atomic E-state index is -3.77. The summed E-state index contributed by atoms with van der Waals surface area (Å²) < 4.78 is 26.3. The van der Waals surface area contributed by atoms with Gasteiger partial charge in [-0.25, -0.2) is 13.2 Å². The summed E-state index contributed by atoms with van der Waals surface area (Å²) in [7, 11) is -3.77. The highest BCUT2D eigenvalue weighted by Gasteiger charge is 2.33. The van der Waals surface area contributed by atoms with E-state index in [2.05, 4.69) is 0 Å². The fourth-order valence-electron chi connectivity index (χ4n) is 2.29. The Hall–Kier alpha value is -1.44. The number of aryl methyl sites for hydroxylation is 1. The van der Waals surface area contributed by atoms with Crippen LogP contribution in [-0.4, -0.2) is 48.1 Å². The predicted molar refractivity (Wildman–Crippen MR) is 72.3 cm³/mol. The second kappa shape index (κ2) is 5.16. The van der Waals surface area contributed by atoms with Gasteiger partial charge in [-0.15, -0.1) is 0 Å². The van der Waals surface area contributed by atoms with Crippen LogP contribution < -0.4 is 0 Å². The van der Waals surface area contributed by atoms with Crippen molar-refractivity contribution < 1.29 is 23.4 Å². The number of hydrogen-bond donors (Lipinski definition) is 2. The molecular weight excluding hydrogens is 282 g/mol. The number of aromatic carboxylic acids is 1. The second-order valence-corrected chi connectivity index (χ2v) is 6.93. The van der Waals surface area contributed by atoms with Crippen LogP contribution in [0.5, 0.6) is 0 Å². The second-order valence-electron chi connectivity index (χ2n) is 5.03. The highest BCUT2D eigenvalue weighted by molar-refractivity contribution is 7.89. The standard InChI is InChI=1S/C13H17NO5S/c1-8-5-10(13(16)17)6-12(9(8)2)20(18,19)14-4-3-11(15)7-14/h5-6,11,15H,3-4,7H2,1-2H3,(H,16,17)/t11-/m1/s1. The number of hydrogen-bond acceptors (Lipinski definition) is 4. The number of carboxylic acid groups (broad SMARTS) is 1. The van der Waals surface area contributed by atoms with Crippen LogP contribution in [0.15, 0.2) is 17.0 Å². The van der Waals surface area contributed by atoms with Gasteiger partial charge in [-0.3, -0.25) is 0 Å². The first-order chi connectivity index (χ1) is 9.23. The highest BCUT2D eigenvalue weighted by Crippen LogP contribution is 2.27. The number of carboxylic acids is 1. The van der Waals surface area contributed by atoms with E-state index in [4.69, 9.17) is 5.11 Å². The molecule has 6 nitrogen and oxygen atoms in total. The summed E-state index contributed by atoms with van der Waals surface area (Å²) in [5.74, 6) is -1.16. The first-order valence-corrected chi connectivity index (χ1v) is 7.70. The molecule has 0 unspecified atom stereocenters. The van der Waals surface area contributed by atoms with Crippen LogP contribution in [0, 0.1) is 13.8 Å². The molecule has 0 aliphatic carbocycles. The van der Waals surface area contributed by atoms with Gasteiger partial charge in [0.2, 0.25) is 10.0 Å². The van der Waals surface area contributed by atoms with Gasteiger partial charge in [0.25, 0.3) is 0 Å². The van der Waals surface area contributed by atoms with Gasteiger partial charge in [0.15, 0.2) is 0 Å². The Kier molecular flexibility index (Phi) is 3.86. The largest absolute Gasteiger partial charge is 0.478 e. The normalized spacial score (nSPS) is 20.2. The van der Waals surface area contributed by atoms with Gasteiger partial charge < -0.3 is 10.2 Å². The lowest BCUT2D eigenvalue weighted by molar-refractivity contribution is 0.0696. The van der Waals surface area contributed by atoms with Crippen molar-refractivity contribution in [3.63, 3.8) is 0 Å². The zero-order valence-corrected chi connectivity index (χ0v) is 12.1. The molecule has 0 spiro atoms. The van der Waals surface area contributed by atoms with Gasteiger partial charge in [0, 0.05) is 13.1 Å². The summed E-state index contributed by atoms with van der Waals surface area (Å²) in [6.45, 7) is 3.64. The van der Waals surface area contributed by atoms with E-state index in [-0.39, 0.29) is 23.5 Å². The third kappa shape index (κ3) is 2.56. The molecular formula is C13H17NO5S. The molecule has 1 atom stereocenters. The summed E-state index contributed by atoms with van der Waals surface area (Å²) in [5, 5.41) is 18.5. The molecule has 0 saturated carbocycles. The number of aliphatic hydroxyl groups excluding tert-OH is 1. The fraction of sp³-hybridized carbons (Fsp3) is 0.462. The van der Waals surface area contributed by atoms with Gasteiger partial charge in [0.1, 0.15) is 0 Å². The Morgan fingerprint density at radius 2 is 2.00 bits per heavy atom. The van der Waals surface area contributed by atoms with Crippen LogP contribution in [0.3, 0.4) is 0 Å². The minimum absolute atomic E-state index is 0.00370. The number of rotatable bonds is 3. The van der Waals surface area contributed by atoms with Gasteiger partial charge in [0.05, 0.1) is 16.6 Å². The average Bonchev–Trinajstić information content (AvgIpc) is 2.79. The zero-order chi connectivity index (χ0) is 15.1. The van der Waals surface area contributed by atoms with Gasteiger partial charge >= 0.3 is 5.97 Å². The molecule has 2 rings (SSSR count). The fourth-order valence-corrected chi connectivity index (χ4v) is 4.10. The summed E-state index contributed by atoms with van der Waals surface area (Å²) in [6, 6.07) is 2.64. The maximum Gasteiger partial charge on any atom is 0.335 e. The van der Waals surface area contributed by atoms with Crippen molar-refractivity contribution >= 4 is 16.0 Å². The quantitative estimate of drug-likeness (QED) is 0.859. The van der Waals surface area contributed by atoms with Crippen LogP contribution in [0.25, 0.3) is 0 Å². The molecule has 2 N–H and O–H groups in total. The Balaban J connectivity index is 2.54. The third-order valence-electron chi connectivity index (χ3n) is 3.61. The molecule has 1 aliphatic heterocycles. The van der Waals surface area contributed by atoms with Crippen molar-refractivity contribution in [1.29, 1.82) is 0 Å². The molecule has 1 aromatic rings. The molecule has 20 heavy (non-hydrogen) atoms. The lowest BCUT2D eigenvalue weighted by Gasteiger charge is -2.18. The van der Waals surface area contributed by atoms with Gasteiger partial charge in [-0.1, -0.05) is 0 Å². The number of aliphatic hydroxyl groups is 1. The number of nitrogens with zero attached hydrogens (tertiary/aromatic N) is 1. The molecule has 1 aliphatic rings. The van der Waals surface area contributed by atoms with Crippen LogP contribution in [0.4, 0.5) is 0 Å². The molecule has 110 valence electrons.